The van der Waals surface area contributed by atoms with E-state index in [1.165, 1.54) is 35.9 Å². The molecule has 3 rings (SSSR count). The molecule has 1 fully saturated rings. The number of benzene rings is 1. The third-order valence-corrected chi connectivity index (χ3v) is 4.98. The Hall–Kier alpha value is -1.39. The Morgan fingerprint density at radius 2 is 2.14 bits per heavy atom. The molecule has 1 aromatic carbocycles. The molecule has 0 bridgehead atoms. The molecule has 2 unspecified atom stereocenters. The molecule has 1 aromatic heterocycles. The van der Waals surface area contributed by atoms with Crippen LogP contribution in [0.3, 0.4) is 0 Å². The van der Waals surface area contributed by atoms with Crippen molar-refractivity contribution >= 4 is 10.9 Å². The summed E-state index contributed by atoms with van der Waals surface area (Å²) in [6.45, 7) is 5.05. The number of para-hydroxylation sites is 1. The molecule has 2 aromatic rings. The molecule has 2 N–H and O–H groups in total. The average molecular weight is 286 g/mol. The van der Waals surface area contributed by atoms with E-state index in [-0.39, 0.29) is 0 Å². The van der Waals surface area contributed by atoms with Crippen LogP contribution in [0, 0.1) is 5.92 Å². The fourth-order valence-corrected chi connectivity index (χ4v) is 3.83. The second kappa shape index (κ2) is 6.16. The molecule has 1 aliphatic carbocycles. The minimum Gasteiger partial charge on any atom is -0.330 e. The Labute approximate surface area is 126 Å². The number of nitrogens with two attached hydrogens (primary N) is 1. The number of rotatable bonds is 5. The molecule has 4 heteroatoms. The van der Waals surface area contributed by atoms with E-state index in [2.05, 4.69) is 36.1 Å². The van der Waals surface area contributed by atoms with Crippen molar-refractivity contribution in [2.45, 2.75) is 38.8 Å². The number of hydrogen-bond donors (Lipinski definition) is 1. The van der Waals surface area contributed by atoms with Gasteiger partial charge in [0.2, 0.25) is 0 Å². The Morgan fingerprint density at radius 3 is 2.90 bits per heavy atom. The van der Waals surface area contributed by atoms with Crippen LogP contribution < -0.4 is 5.73 Å². The van der Waals surface area contributed by atoms with Gasteiger partial charge in [0.05, 0.1) is 11.2 Å². The fourth-order valence-electron chi connectivity index (χ4n) is 3.83. The third-order valence-electron chi connectivity index (χ3n) is 4.98. The first kappa shape index (κ1) is 14.5. The molecule has 0 spiro atoms. The van der Waals surface area contributed by atoms with Gasteiger partial charge in [0.25, 0.3) is 0 Å². The molecule has 1 aliphatic rings. The van der Waals surface area contributed by atoms with Gasteiger partial charge in [-0.2, -0.15) is 5.10 Å². The predicted molar refractivity (Wildman–Crippen MR) is 87.0 cm³/mol. The molecule has 0 saturated heterocycles. The maximum absolute atomic E-state index is 5.96. The minimum atomic E-state index is 0.626. The Kier molecular flexibility index (Phi) is 4.27. The maximum atomic E-state index is 5.96. The van der Waals surface area contributed by atoms with Gasteiger partial charge >= 0.3 is 0 Å². The van der Waals surface area contributed by atoms with Crippen molar-refractivity contribution in [3.8, 4) is 0 Å². The zero-order valence-corrected chi connectivity index (χ0v) is 13.1. The standard InChI is InChI=1S/C17H26N4/c1-3-21(16-10-6-7-13(16)11-18)12-15-14-8-4-5-9-17(14)20(2)19-15/h4-5,8-9,13,16H,3,6-7,10-12,18H2,1-2H3. The topological polar surface area (TPSA) is 47.1 Å². The lowest BCUT2D eigenvalue weighted by Gasteiger charge is -2.31. The summed E-state index contributed by atoms with van der Waals surface area (Å²) in [6, 6.07) is 9.12. The van der Waals surface area contributed by atoms with Gasteiger partial charge in [-0.3, -0.25) is 9.58 Å². The molecule has 1 heterocycles. The van der Waals surface area contributed by atoms with Crippen molar-refractivity contribution in [3.05, 3.63) is 30.0 Å². The van der Waals surface area contributed by atoms with Crippen LogP contribution in [0.5, 0.6) is 0 Å². The first-order valence-electron chi connectivity index (χ1n) is 8.09. The molecule has 4 nitrogen and oxygen atoms in total. The highest BCUT2D eigenvalue weighted by molar-refractivity contribution is 5.81. The summed E-state index contributed by atoms with van der Waals surface area (Å²) in [5.74, 6) is 0.653. The van der Waals surface area contributed by atoms with Gasteiger partial charge in [-0.1, -0.05) is 31.5 Å². The van der Waals surface area contributed by atoms with Crippen LogP contribution in [0.4, 0.5) is 0 Å². The van der Waals surface area contributed by atoms with Crippen molar-refractivity contribution in [2.24, 2.45) is 18.7 Å². The SMILES string of the molecule is CCN(Cc1nn(C)c2ccccc12)C1CCCC1CN. The van der Waals surface area contributed by atoms with E-state index in [0.29, 0.717) is 12.0 Å². The summed E-state index contributed by atoms with van der Waals surface area (Å²) >= 11 is 0. The number of hydrogen-bond acceptors (Lipinski definition) is 3. The minimum absolute atomic E-state index is 0.626. The van der Waals surface area contributed by atoms with Gasteiger partial charge in [0.1, 0.15) is 0 Å². The summed E-state index contributed by atoms with van der Waals surface area (Å²) < 4.78 is 1.99. The van der Waals surface area contributed by atoms with E-state index in [4.69, 9.17) is 10.8 Å². The van der Waals surface area contributed by atoms with Crippen LogP contribution in [0.2, 0.25) is 0 Å². The lowest BCUT2D eigenvalue weighted by Crippen LogP contribution is -2.39. The van der Waals surface area contributed by atoms with E-state index < -0.39 is 0 Å². The van der Waals surface area contributed by atoms with Crippen molar-refractivity contribution in [3.63, 3.8) is 0 Å². The molecule has 21 heavy (non-hydrogen) atoms. The van der Waals surface area contributed by atoms with Gasteiger partial charge in [0, 0.05) is 25.0 Å². The monoisotopic (exact) mass is 286 g/mol. The largest absolute Gasteiger partial charge is 0.330 e. The Bertz CT molecular complexity index is 604. The molecule has 2 atom stereocenters. The highest BCUT2D eigenvalue weighted by atomic mass is 15.3. The van der Waals surface area contributed by atoms with E-state index in [9.17, 15) is 0 Å². The van der Waals surface area contributed by atoms with Crippen molar-refractivity contribution < 1.29 is 0 Å². The lowest BCUT2D eigenvalue weighted by atomic mass is 10.0. The first-order chi connectivity index (χ1) is 10.2. The van der Waals surface area contributed by atoms with Gasteiger partial charge in [-0.15, -0.1) is 0 Å². The molecular formula is C17H26N4. The molecule has 0 aliphatic heterocycles. The Balaban J connectivity index is 1.86. The quantitative estimate of drug-likeness (QED) is 0.918. The molecular weight excluding hydrogens is 260 g/mol. The van der Waals surface area contributed by atoms with Crippen LogP contribution in [0.25, 0.3) is 10.9 Å². The summed E-state index contributed by atoms with van der Waals surface area (Å²) in [5.41, 5.74) is 8.36. The predicted octanol–water partition coefficient (Wildman–Crippen LogP) is 2.52. The normalized spacial score (nSPS) is 22.5. The number of fused-ring (bicyclic) bond motifs is 1. The van der Waals surface area contributed by atoms with E-state index in [1.54, 1.807) is 0 Å². The lowest BCUT2D eigenvalue weighted by molar-refractivity contribution is 0.160. The molecule has 114 valence electrons. The summed E-state index contributed by atoms with van der Waals surface area (Å²) in [7, 11) is 2.03. The van der Waals surface area contributed by atoms with E-state index >= 15 is 0 Å². The zero-order chi connectivity index (χ0) is 14.8. The number of aryl methyl sites for hydroxylation is 1. The van der Waals surface area contributed by atoms with E-state index in [1.807, 2.05) is 11.7 Å². The van der Waals surface area contributed by atoms with Gasteiger partial charge in [-0.05, 0) is 37.9 Å². The fraction of sp³-hybridized carbons (Fsp3) is 0.588. The van der Waals surface area contributed by atoms with Crippen molar-refractivity contribution in [1.29, 1.82) is 0 Å². The van der Waals surface area contributed by atoms with Crippen LogP contribution in [0.1, 0.15) is 31.9 Å². The van der Waals surface area contributed by atoms with Crippen molar-refractivity contribution in [2.75, 3.05) is 13.1 Å². The summed E-state index contributed by atoms with van der Waals surface area (Å²) in [6.07, 6.45) is 3.87. The first-order valence-corrected chi connectivity index (χ1v) is 8.09. The van der Waals surface area contributed by atoms with Crippen LogP contribution in [-0.4, -0.2) is 33.8 Å². The second-order valence-electron chi connectivity index (χ2n) is 6.14. The smallest absolute Gasteiger partial charge is 0.0843 e. The highest BCUT2D eigenvalue weighted by Crippen LogP contribution is 2.30. The van der Waals surface area contributed by atoms with Crippen LogP contribution in [0.15, 0.2) is 24.3 Å². The average Bonchev–Trinajstić information content (AvgIpc) is 3.10. The zero-order valence-electron chi connectivity index (χ0n) is 13.1. The molecule has 0 radical (unpaired) electrons. The van der Waals surface area contributed by atoms with Gasteiger partial charge in [0.15, 0.2) is 0 Å². The summed E-state index contributed by atoms with van der Waals surface area (Å²) in [4.78, 5) is 2.57. The van der Waals surface area contributed by atoms with Crippen LogP contribution >= 0.6 is 0 Å². The second-order valence-corrected chi connectivity index (χ2v) is 6.14. The molecule has 0 amide bonds. The number of aromatic nitrogens is 2. The van der Waals surface area contributed by atoms with Crippen molar-refractivity contribution in [1.82, 2.24) is 14.7 Å². The summed E-state index contributed by atoms with van der Waals surface area (Å²) in [5, 5.41) is 6.02. The van der Waals surface area contributed by atoms with Gasteiger partial charge in [-0.25, -0.2) is 0 Å². The maximum Gasteiger partial charge on any atom is 0.0843 e. The van der Waals surface area contributed by atoms with E-state index in [0.717, 1.165) is 19.6 Å². The molecule has 1 saturated carbocycles. The van der Waals surface area contributed by atoms with Crippen LogP contribution in [-0.2, 0) is 13.6 Å². The third kappa shape index (κ3) is 2.70. The number of nitrogens with zero attached hydrogens (tertiary/aromatic N) is 3. The Morgan fingerprint density at radius 1 is 1.33 bits per heavy atom. The highest BCUT2D eigenvalue weighted by Gasteiger charge is 2.31. The van der Waals surface area contributed by atoms with Gasteiger partial charge < -0.3 is 5.73 Å².